The van der Waals surface area contributed by atoms with Crippen LogP contribution in [0.5, 0.6) is 5.75 Å². The number of hydrogen-bond acceptors (Lipinski definition) is 4. The van der Waals surface area contributed by atoms with Crippen molar-refractivity contribution >= 4 is 17.5 Å². The number of para-hydroxylation sites is 2. The van der Waals surface area contributed by atoms with Crippen LogP contribution in [-0.4, -0.2) is 68.0 Å². The van der Waals surface area contributed by atoms with Gasteiger partial charge < -0.3 is 19.4 Å². The number of amides is 2. The van der Waals surface area contributed by atoms with E-state index in [2.05, 4.69) is 11.8 Å². The molecule has 0 radical (unpaired) electrons. The van der Waals surface area contributed by atoms with E-state index in [1.807, 2.05) is 52.3 Å². The van der Waals surface area contributed by atoms with Gasteiger partial charge in [0.1, 0.15) is 5.75 Å². The molecular weight excluding hydrogens is 366 g/mol. The number of benzene rings is 2. The number of methoxy groups -OCH3 is 1. The summed E-state index contributed by atoms with van der Waals surface area (Å²) in [6, 6.07) is 17.3. The largest absolute Gasteiger partial charge is 0.496 e. The van der Waals surface area contributed by atoms with Crippen LogP contribution in [0.3, 0.4) is 0 Å². The number of carbonyl (C=O) groups excluding carboxylic acids is 2. The molecule has 6 heteroatoms. The predicted molar refractivity (Wildman–Crippen MR) is 114 cm³/mol. The summed E-state index contributed by atoms with van der Waals surface area (Å²) in [5.74, 6) is 0.634. The molecule has 6 nitrogen and oxygen atoms in total. The van der Waals surface area contributed by atoms with Gasteiger partial charge in [-0.2, -0.15) is 0 Å². The van der Waals surface area contributed by atoms with Crippen LogP contribution in [0.25, 0.3) is 0 Å². The van der Waals surface area contributed by atoms with Crippen LogP contribution >= 0.6 is 0 Å². The van der Waals surface area contributed by atoms with Crippen molar-refractivity contribution in [3.8, 4) is 5.75 Å². The van der Waals surface area contributed by atoms with Gasteiger partial charge in [0.2, 0.25) is 5.91 Å². The van der Waals surface area contributed by atoms with Gasteiger partial charge in [-0.1, -0.05) is 30.3 Å². The summed E-state index contributed by atoms with van der Waals surface area (Å²) in [6.45, 7) is 5.54. The number of nitrogens with zero attached hydrogens (tertiary/aromatic N) is 3. The molecule has 0 bridgehead atoms. The van der Waals surface area contributed by atoms with Crippen LogP contribution in [0, 0.1) is 0 Å². The monoisotopic (exact) mass is 395 g/mol. The zero-order valence-corrected chi connectivity index (χ0v) is 17.2. The van der Waals surface area contributed by atoms with Gasteiger partial charge in [-0.25, -0.2) is 0 Å². The van der Waals surface area contributed by atoms with E-state index in [1.165, 1.54) is 0 Å². The first-order valence-electron chi connectivity index (χ1n) is 10.1. The lowest BCUT2D eigenvalue weighted by molar-refractivity contribution is -0.129. The van der Waals surface area contributed by atoms with Gasteiger partial charge in [-0.05, 0) is 37.6 Å². The molecule has 2 amide bonds. The molecule has 1 saturated heterocycles. The Kier molecular flexibility index (Phi) is 7.11. The van der Waals surface area contributed by atoms with E-state index in [0.29, 0.717) is 44.0 Å². The number of ether oxygens (including phenoxy) is 1. The third-order valence-electron chi connectivity index (χ3n) is 5.30. The summed E-state index contributed by atoms with van der Waals surface area (Å²) in [6.07, 6.45) is 0.768. The Morgan fingerprint density at radius 3 is 2.31 bits per heavy atom. The molecule has 29 heavy (non-hydrogen) atoms. The lowest BCUT2D eigenvalue weighted by Gasteiger charge is -2.27. The molecule has 1 heterocycles. The fourth-order valence-electron chi connectivity index (χ4n) is 3.65. The first-order valence-corrected chi connectivity index (χ1v) is 10.1. The van der Waals surface area contributed by atoms with Crippen molar-refractivity contribution in [3.05, 3.63) is 60.2 Å². The Labute approximate surface area is 172 Å². The Morgan fingerprint density at radius 1 is 0.931 bits per heavy atom. The molecule has 154 valence electrons. The standard InChI is InChI=1S/C23H29N3O3/c1-3-24(19-10-5-4-6-11-19)18-22(27)25-14-9-15-26(17-16-25)23(28)20-12-7-8-13-21(20)29-2/h4-8,10-13H,3,9,14-18H2,1-2H3. The average Bonchev–Trinajstić information content (AvgIpc) is 3.04. The lowest BCUT2D eigenvalue weighted by Crippen LogP contribution is -2.42. The van der Waals surface area contributed by atoms with Gasteiger partial charge in [0.15, 0.2) is 0 Å². The van der Waals surface area contributed by atoms with Crippen LogP contribution in [0.15, 0.2) is 54.6 Å². The smallest absolute Gasteiger partial charge is 0.257 e. The van der Waals surface area contributed by atoms with E-state index >= 15 is 0 Å². The molecule has 3 rings (SSSR count). The Balaban J connectivity index is 1.62. The molecule has 1 aliphatic heterocycles. The Bertz CT molecular complexity index is 825. The fraction of sp³-hybridized carbons (Fsp3) is 0.391. The summed E-state index contributed by atoms with van der Waals surface area (Å²) < 4.78 is 5.33. The quantitative estimate of drug-likeness (QED) is 0.755. The average molecular weight is 396 g/mol. The predicted octanol–water partition coefficient (Wildman–Crippen LogP) is 2.90. The Morgan fingerprint density at radius 2 is 1.59 bits per heavy atom. The summed E-state index contributed by atoms with van der Waals surface area (Å²) in [5.41, 5.74) is 1.61. The van der Waals surface area contributed by atoms with Crippen LogP contribution < -0.4 is 9.64 Å². The SMILES string of the molecule is CCN(CC(=O)N1CCCN(C(=O)c2ccccc2OC)CC1)c1ccccc1. The number of hydrogen-bond donors (Lipinski definition) is 0. The van der Waals surface area contributed by atoms with Crippen molar-refractivity contribution in [1.29, 1.82) is 0 Å². The van der Waals surface area contributed by atoms with Crippen molar-refractivity contribution in [2.75, 3.05) is 51.3 Å². The highest BCUT2D eigenvalue weighted by Crippen LogP contribution is 2.20. The van der Waals surface area contributed by atoms with Crippen LogP contribution in [0.4, 0.5) is 5.69 Å². The molecule has 0 spiro atoms. The molecule has 0 aromatic heterocycles. The second kappa shape index (κ2) is 9.96. The fourth-order valence-corrected chi connectivity index (χ4v) is 3.65. The van der Waals surface area contributed by atoms with Gasteiger partial charge in [-0.15, -0.1) is 0 Å². The minimum Gasteiger partial charge on any atom is -0.496 e. The number of rotatable bonds is 6. The molecule has 2 aromatic rings. The van der Waals surface area contributed by atoms with Crippen molar-refractivity contribution < 1.29 is 14.3 Å². The van der Waals surface area contributed by atoms with Gasteiger partial charge in [0, 0.05) is 38.4 Å². The highest BCUT2D eigenvalue weighted by molar-refractivity contribution is 5.97. The number of carbonyl (C=O) groups is 2. The molecule has 0 N–H and O–H groups in total. The molecule has 0 aliphatic carbocycles. The zero-order valence-electron chi connectivity index (χ0n) is 17.2. The molecule has 0 atom stereocenters. The highest BCUT2D eigenvalue weighted by Gasteiger charge is 2.25. The highest BCUT2D eigenvalue weighted by atomic mass is 16.5. The second-order valence-corrected chi connectivity index (χ2v) is 7.08. The Hall–Kier alpha value is -3.02. The van der Waals surface area contributed by atoms with Gasteiger partial charge in [-0.3, -0.25) is 9.59 Å². The zero-order chi connectivity index (χ0) is 20.6. The van der Waals surface area contributed by atoms with Gasteiger partial charge >= 0.3 is 0 Å². The maximum atomic E-state index is 13.0. The van der Waals surface area contributed by atoms with E-state index in [1.54, 1.807) is 19.2 Å². The normalized spacial score (nSPS) is 14.3. The molecule has 2 aromatic carbocycles. The topological polar surface area (TPSA) is 53.1 Å². The molecule has 0 saturated carbocycles. The maximum Gasteiger partial charge on any atom is 0.257 e. The van der Waals surface area contributed by atoms with Crippen LogP contribution in [-0.2, 0) is 4.79 Å². The van der Waals surface area contributed by atoms with Gasteiger partial charge in [0.05, 0.1) is 19.2 Å². The molecular formula is C23H29N3O3. The van der Waals surface area contributed by atoms with E-state index in [9.17, 15) is 9.59 Å². The summed E-state index contributed by atoms with van der Waals surface area (Å²) in [5, 5.41) is 0. The van der Waals surface area contributed by atoms with E-state index in [0.717, 1.165) is 18.7 Å². The van der Waals surface area contributed by atoms with Crippen LogP contribution in [0.1, 0.15) is 23.7 Å². The minimum atomic E-state index is -0.0452. The van der Waals surface area contributed by atoms with Crippen molar-refractivity contribution in [3.63, 3.8) is 0 Å². The molecule has 1 aliphatic rings. The number of anilines is 1. The minimum absolute atomic E-state index is 0.0452. The molecule has 1 fully saturated rings. The molecule has 0 unspecified atom stereocenters. The van der Waals surface area contributed by atoms with E-state index < -0.39 is 0 Å². The summed E-state index contributed by atoms with van der Waals surface area (Å²) in [4.78, 5) is 31.6. The first-order chi connectivity index (χ1) is 14.1. The third kappa shape index (κ3) is 5.08. The summed E-state index contributed by atoms with van der Waals surface area (Å²) in [7, 11) is 1.57. The van der Waals surface area contributed by atoms with Gasteiger partial charge in [0.25, 0.3) is 5.91 Å². The van der Waals surface area contributed by atoms with Crippen molar-refractivity contribution in [2.45, 2.75) is 13.3 Å². The van der Waals surface area contributed by atoms with Crippen molar-refractivity contribution in [2.24, 2.45) is 0 Å². The second-order valence-electron chi connectivity index (χ2n) is 7.08. The lowest BCUT2D eigenvalue weighted by atomic mass is 10.1. The van der Waals surface area contributed by atoms with E-state index in [-0.39, 0.29) is 11.8 Å². The number of likely N-dealkylation sites (N-methyl/N-ethyl adjacent to an activating group) is 1. The van der Waals surface area contributed by atoms with Crippen molar-refractivity contribution in [1.82, 2.24) is 9.80 Å². The summed E-state index contributed by atoms with van der Waals surface area (Å²) >= 11 is 0. The third-order valence-corrected chi connectivity index (χ3v) is 5.30. The first kappa shape index (κ1) is 20.7. The van der Waals surface area contributed by atoms with E-state index in [4.69, 9.17) is 4.74 Å². The van der Waals surface area contributed by atoms with Crippen LogP contribution in [0.2, 0.25) is 0 Å². The maximum absolute atomic E-state index is 13.0.